The summed E-state index contributed by atoms with van der Waals surface area (Å²) in [5.41, 5.74) is 0.608. The topological polar surface area (TPSA) is 54.9 Å². The van der Waals surface area contributed by atoms with Crippen molar-refractivity contribution in [2.45, 2.75) is 6.54 Å². The minimum atomic E-state index is -0.155. The second kappa shape index (κ2) is 2.90. The number of benzene rings is 1. The molecule has 0 aliphatic carbocycles. The minimum Gasteiger partial charge on any atom is -0.301 e. The van der Waals surface area contributed by atoms with E-state index in [-0.39, 0.29) is 12.1 Å². The van der Waals surface area contributed by atoms with Gasteiger partial charge in [0.1, 0.15) is 6.29 Å². The first-order valence-corrected chi connectivity index (χ1v) is 3.94. The van der Waals surface area contributed by atoms with Crippen LogP contribution in [0.3, 0.4) is 0 Å². The number of carbonyl (C=O) groups is 1. The van der Waals surface area contributed by atoms with Gasteiger partial charge in [-0.15, -0.1) is 0 Å². The number of hydrogen-bond acceptors (Lipinski definition) is 2. The highest BCUT2D eigenvalue weighted by molar-refractivity contribution is 5.78. The van der Waals surface area contributed by atoms with Crippen molar-refractivity contribution in [2.24, 2.45) is 0 Å². The number of hydrogen-bond donors (Lipinski definition) is 1. The van der Waals surface area contributed by atoms with Crippen molar-refractivity contribution < 1.29 is 4.79 Å². The molecule has 2 aromatic rings. The second-order valence-corrected chi connectivity index (χ2v) is 2.74. The molecule has 0 atom stereocenters. The number of aromatic nitrogens is 2. The predicted octanol–water partition coefficient (Wildman–Crippen LogP) is 0.528. The highest BCUT2D eigenvalue weighted by Gasteiger charge is 2.03. The molecule has 0 aliphatic rings. The van der Waals surface area contributed by atoms with Crippen molar-refractivity contribution in [2.75, 3.05) is 0 Å². The molecule has 0 radical (unpaired) electrons. The zero-order chi connectivity index (χ0) is 9.26. The van der Waals surface area contributed by atoms with Crippen LogP contribution in [0.1, 0.15) is 0 Å². The van der Waals surface area contributed by atoms with Crippen LogP contribution in [0.5, 0.6) is 0 Å². The molecular weight excluding hydrogens is 168 g/mol. The largest absolute Gasteiger partial charge is 0.301 e. The maximum atomic E-state index is 11.3. The Kier molecular flexibility index (Phi) is 1.73. The van der Waals surface area contributed by atoms with Crippen LogP contribution < -0.4 is 5.56 Å². The molecule has 13 heavy (non-hydrogen) atoms. The molecular formula is C9H8N2O2. The van der Waals surface area contributed by atoms with E-state index < -0.39 is 0 Å². The van der Waals surface area contributed by atoms with Crippen LogP contribution in [-0.2, 0) is 11.3 Å². The molecule has 1 aromatic heterocycles. The van der Waals surface area contributed by atoms with E-state index >= 15 is 0 Å². The van der Waals surface area contributed by atoms with Gasteiger partial charge in [-0.25, -0.2) is 0 Å². The molecule has 1 aromatic carbocycles. The first-order valence-electron chi connectivity index (χ1n) is 3.94. The number of carbonyl (C=O) groups excluding carboxylic acids is 1. The Morgan fingerprint density at radius 3 is 2.92 bits per heavy atom. The summed E-state index contributed by atoms with van der Waals surface area (Å²) in [4.78, 5) is 21.6. The molecule has 0 aliphatic heterocycles. The van der Waals surface area contributed by atoms with Gasteiger partial charge in [0.15, 0.2) is 0 Å². The van der Waals surface area contributed by atoms with Gasteiger partial charge in [0.25, 0.3) is 5.56 Å². The summed E-state index contributed by atoms with van der Waals surface area (Å²) in [6, 6.07) is 7.16. The first-order chi connectivity index (χ1) is 6.33. The first kappa shape index (κ1) is 7.79. The normalized spacial score (nSPS) is 10.5. The van der Waals surface area contributed by atoms with Crippen molar-refractivity contribution in [3.63, 3.8) is 0 Å². The number of aromatic amines is 1. The van der Waals surface area contributed by atoms with Crippen LogP contribution in [-0.4, -0.2) is 16.1 Å². The lowest BCUT2D eigenvalue weighted by Gasteiger charge is -1.96. The van der Waals surface area contributed by atoms with E-state index in [1.807, 2.05) is 6.07 Å². The molecule has 0 bridgehead atoms. The van der Waals surface area contributed by atoms with E-state index in [2.05, 4.69) is 5.10 Å². The molecule has 4 nitrogen and oxygen atoms in total. The SMILES string of the molecule is O=CCn1[nH]c(=O)c2ccccc21. The summed E-state index contributed by atoms with van der Waals surface area (Å²) < 4.78 is 1.53. The number of rotatable bonds is 2. The molecule has 2 rings (SSSR count). The molecule has 0 spiro atoms. The summed E-state index contributed by atoms with van der Waals surface area (Å²) in [6.45, 7) is 0.183. The van der Waals surface area contributed by atoms with Gasteiger partial charge in [-0.05, 0) is 12.1 Å². The smallest absolute Gasteiger partial charge is 0.271 e. The van der Waals surface area contributed by atoms with Crippen LogP contribution in [0, 0.1) is 0 Å². The average Bonchev–Trinajstić information content (AvgIpc) is 2.46. The molecule has 0 saturated heterocycles. The quantitative estimate of drug-likeness (QED) is 0.678. The summed E-state index contributed by atoms with van der Waals surface area (Å²) in [5, 5.41) is 3.20. The van der Waals surface area contributed by atoms with Gasteiger partial charge in [0, 0.05) is 0 Å². The van der Waals surface area contributed by atoms with Gasteiger partial charge in [-0.1, -0.05) is 12.1 Å². The Morgan fingerprint density at radius 1 is 1.38 bits per heavy atom. The predicted molar refractivity (Wildman–Crippen MR) is 48.6 cm³/mol. The average molecular weight is 176 g/mol. The van der Waals surface area contributed by atoms with Gasteiger partial charge >= 0.3 is 0 Å². The molecule has 1 heterocycles. The highest BCUT2D eigenvalue weighted by Crippen LogP contribution is 2.07. The molecule has 0 amide bonds. The Hall–Kier alpha value is -1.84. The number of aldehydes is 1. The highest BCUT2D eigenvalue weighted by atomic mass is 16.1. The van der Waals surface area contributed by atoms with Crippen molar-refractivity contribution in [3.05, 3.63) is 34.6 Å². The number of nitrogens with zero attached hydrogens (tertiary/aromatic N) is 1. The van der Waals surface area contributed by atoms with Crippen molar-refractivity contribution >= 4 is 17.2 Å². The Balaban J connectivity index is 2.77. The summed E-state index contributed by atoms with van der Waals surface area (Å²) in [6.07, 6.45) is 0.752. The Bertz CT molecular complexity index is 496. The summed E-state index contributed by atoms with van der Waals surface area (Å²) in [7, 11) is 0. The van der Waals surface area contributed by atoms with Crippen molar-refractivity contribution in [3.8, 4) is 0 Å². The van der Waals surface area contributed by atoms with Gasteiger partial charge < -0.3 is 4.79 Å². The van der Waals surface area contributed by atoms with Gasteiger partial charge in [-0.3, -0.25) is 14.6 Å². The zero-order valence-corrected chi connectivity index (χ0v) is 6.86. The molecule has 0 saturated carbocycles. The molecule has 0 unspecified atom stereocenters. The maximum Gasteiger partial charge on any atom is 0.271 e. The fraction of sp³-hybridized carbons (Fsp3) is 0.111. The Labute approximate surface area is 73.8 Å². The molecule has 4 heteroatoms. The molecule has 1 N–H and O–H groups in total. The number of nitrogens with one attached hydrogen (secondary N) is 1. The van der Waals surface area contributed by atoms with Crippen molar-refractivity contribution in [1.29, 1.82) is 0 Å². The number of H-pyrrole nitrogens is 1. The van der Waals surface area contributed by atoms with Crippen molar-refractivity contribution in [1.82, 2.24) is 9.78 Å². The lowest BCUT2D eigenvalue weighted by atomic mass is 10.2. The van der Waals surface area contributed by atoms with Crippen LogP contribution in [0.2, 0.25) is 0 Å². The standard InChI is InChI=1S/C9H8N2O2/c12-6-5-11-8-4-2-1-3-7(8)9(13)10-11/h1-4,6H,5H2,(H,10,13). The minimum absolute atomic E-state index is 0.155. The molecule has 0 fully saturated rings. The van der Waals surface area contributed by atoms with Crippen LogP contribution >= 0.6 is 0 Å². The number of para-hydroxylation sites is 1. The van der Waals surface area contributed by atoms with E-state index in [0.29, 0.717) is 5.39 Å². The third kappa shape index (κ3) is 1.16. The lowest BCUT2D eigenvalue weighted by Crippen LogP contribution is -2.06. The summed E-state index contributed by atoms with van der Waals surface area (Å²) in [5.74, 6) is 0. The van der Waals surface area contributed by atoms with Gasteiger partial charge in [0.2, 0.25) is 0 Å². The third-order valence-corrected chi connectivity index (χ3v) is 1.93. The van der Waals surface area contributed by atoms with E-state index in [4.69, 9.17) is 0 Å². The van der Waals surface area contributed by atoms with Crippen LogP contribution in [0.25, 0.3) is 10.9 Å². The van der Waals surface area contributed by atoms with Gasteiger partial charge in [0.05, 0.1) is 17.4 Å². The summed E-state index contributed by atoms with van der Waals surface area (Å²) >= 11 is 0. The monoisotopic (exact) mass is 176 g/mol. The van der Waals surface area contributed by atoms with E-state index in [1.165, 1.54) is 4.68 Å². The second-order valence-electron chi connectivity index (χ2n) is 2.74. The van der Waals surface area contributed by atoms with Crippen LogP contribution in [0.4, 0.5) is 0 Å². The zero-order valence-electron chi connectivity index (χ0n) is 6.86. The van der Waals surface area contributed by atoms with E-state index in [0.717, 1.165) is 11.8 Å². The number of fused-ring (bicyclic) bond motifs is 1. The third-order valence-electron chi connectivity index (χ3n) is 1.93. The maximum absolute atomic E-state index is 11.3. The van der Waals surface area contributed by atoms with E-state index in [9.17, 15) is 9.59 Å². The fourth-order valence-corrected chi connectivity index (χ4v) is 1.36. The Morgan fingerprint density at radius 2 is 2.15 bits per heavy atom. The fourth-order valence-electron chi connectivity index (χ4n) is 1.36. The molecule has 66 valence electrons. The van der Waals surface area contributed by atoms with E-state index in [1.54, 1.807) is 18.2 Å². The van der Waals surface area contributed by atoms with Gasteiger partial charge in [-0.2, -0.15) is 0 Å². The van der Waals surface area contributed by atoms with Crippen LogP contribution in [0.15, 0.2) is 29.1 Å². The lowest BCUT2D eigenvalue weighted by molar-refractivity contribution is -0.108.